The van der Waals surface area contributed by atoms with Gasteiger partial charge in [-0.2, -0.15) is 0 Å². The number of amides is 1. The molecule has 0 aromatic heterocycles. The topological polar surface area (TPSA) is 77.8 Å². The lowest BCUT2D eigenvalue weighted by molar-refractivity contribution is -0.238. The number of nitrogens with zero attached hydrogens (tertiary/aromatic N) is 1. The molecule has 5 nitrogen and oxygen atoms in total. The van der Waals surface area contributed by atoms with Gasteiger partial charge in [0.15, 0.2) is 0 Å². The summed E-state index contributed by atoms with van der Waals surface area (Å²) in [5.41, 5.74) is 1.29. The van der Waals surface area contributed by atoms with Gasteiger partial charge in [0.2, 0.25) is 0 Å². The van der Waals surface area contributed by atoms with Crippen LogP contribution in [0.3, 0.4) is 0 Å². The molecule has 5 aliphatic rings. The highest BCUT2D eigenvalue weighted by Crippen LogP contribution is 2.76. The van der Waals surface area contributed by atoms with E-state index in [1.165, 1.54) is 57.4 Å². The number of aliphatic hydroxyl groups is 1. The number of carbonyl (C=O) groups excluding carboxylic acids is 1. The minimum atomic E-state index is -0.998. The van der Waals surface area contributed by atoms with Crippen LogP contribution in [0.25, 0.3) is 0 Å². The number of fused-ring (bicyclic) bond motifs is 7. The van der Waals surface area contributed by atoms with E-state index in [4.69, 9.17) is 0 Å². The number of hydrogen-bond acceptors (Lipinski definition) is 3. The normalized spacial score (nSPS) is 41.6. The largest absolute Gasteiger partial charge is 0.478 e. The van der Waals surface area contributed by atoms with E-state index in [-0.39, 0.29) is 33.3 Å². The van der Waals surface area contributed by atoms with Crippen LogP contribution in [-0.4, -0.2) is 45.7 Å². The smallest absolute Gasteiger partial charge is 0.335 e. The predicted molar refractivity (Wildman–Crippen MR) is 168 cm³/mol. The Morgan fingerprint density at radius 1 is 0.905 bits per heavy atom. The lowest BCUT2D eigenvalue weighted by atomic mass is 9.33. The summed E-state index contributed by atoms with van der Waals surface area (Å²) >= 11 is 0. The first-order valence-corrected chi connectivity index (χ1v) is 16.6. The number of hydrogen-bond donors (Lipinski definition) is 2. The van der Waals surface area contributed by atoms with Crippen LogP contribution in [0.5, 0.6) is 0 Å². The maximum atomic E-state index is 13.8. The molecule has 0 spiro atoms. The second-order valence-electron chi connectivity index (χ2n) is 15.8. The van der Waals surface area contributed by atoms with Gasteiger partial charge in [-0.1, -0.05) is 39.3 Å². The molecule has 1 amide bonds. The highest BCUT2D eigenvalue weighted by Gasteiger charge is 2.70. The fourth-order valence-electron chi connectivity index (χ4n) is 12.0. The Bertz CT molecular complexity index is 1220. The second-order valence-corrected chi connectivity index (χ2v) is 15.8. The number of carboxylic acids is 1. The summed E-state index contributed by atoms with van der Waals surface area (Å²) < 4.78 is 0. The summed E-state index contributed by atoms with van der Waals surface area (Å²) in [6.07, 6.45) is 13.9. The maximum Gasteiger partial charge on any atom is 0.335 e. The lowest BCUT2D eigenvalue weighted by Gasteiger charge is -2.73. The van der Waals surface area contributed by atoms with Gasteiger partial charge in [0.1, 0.15) is 0 Å². The van der Waals surface area contributed by atoms with E-state index in [1.54, 1.807) is 24.3 Å². The third kappa shape index (κ3) is 4.34. The summed E-state index contributed by atoms with van der Waals surface area (Å²) in [6.45, 7) is 18.7. The van der Waals surface area contributed by atoms with Crippen molar-refractivity contribution in [1.82, 2.24) is 4.90 Å². The monoisotopic (exact) mass is 577 g/mol. The third-order valence-electron chi connectivity index (χ3n) is 14.1. The van der Waals surface area contributed by atoms with Crippen LogP contribution in [0.4, 0.5) is 0 Å². The van der Waals surface area contributed by atoms with Gasteiger partial charge < -0.3 is 15.1 Å². The zero-order chi connectivity index (χ0) is 30.7. The van der Waals surface area contributed by atoms with Crippen LogP contribution >= 0.6 is 0 Å². The van der Waals surface area contributed by atoms with Crippen LogP contribution < -0.4 is 0 Å². The maximum absolute atomic E-state index is 13.8. The molecule has 0 bridgehead atoms. The van der Waals surface area contributed by atoms with E-state index in [0.717, 1.165) is 25.3 Å². The van der Waals surface area contributed by atoms with Crippen molar-refractivity contribution in [1.29, 1.82) is 0 Å². The number of aliphatic hydroxyl groups excluding tert-OH is 1. The first kappa shape index (κ1) is 31.3. The molecular formula is C37H55NO4. The Labute approximate surface area is 254 Å². The molecule has 1 aromatic carbocycles. The van der Waals surface area contributed by atoms with Crippen molar-refractivity contribution in [3.05, 3.63) is 48.0 Å². The Kier molecular flexibility index (Phi) is 8.04. The minimum absolute atomic E-state index is 0.0389. The number of aromatic carboxylic acids is 1. The summed E-state index contributed by atoms with van der Waals surface area (Å²) in [7, 11) is 0. The molecule has 7 unspecified atom stereocenters. The van der Waals surface area contributed by atoms with Gasteiger partial charge in [-0.3, -0.25) is 4.79 Å². The van der Waals surface area contributed by atoms with E-state index in [9.17, 15) is 19.8 Å². The number of piperidine rings is 1. The quantitative estimate of drug-likeness (QED) is 0.355. The molecule has 4 saturated carbocycles. The molecule has 5 fully saturated rings. The van der Waals surface area contributed by atoms with Gasteiger partial charge in [-0.15, -0.1) is 6.58 Å². The van der Waals surface area contributed by atoms with E-state index in [1.807, 2.05) is 6.92 Å². The van der Waals surface area contributed by atoms with E-state index in [2.05, 4.69) is 46.1 Å². The molecule has 42 heavy (non-hydrogen) atoms. The van der Waals surface area contributed by atoms with Crippen molar-refractivity contribution in [3.63, 3.8) is 0 Å². The number of rotatable bonds is 3. The number of allylic oxidation sites excluding steroid dienone is 1. The van der Waals surface area contributed by atoms with Crippen LogP contribution in [0.15, 0.2) is 36.9 Å². The predicted octanol–water partition coefficient (Wildman–Crippen LogP) is 8.23. The molecule has 1 aromatic rings. The van der Waals surface area contributed by atoms with Crippen molar-refractivity contribution in [2.75, 3.05) is 13.2 Å². The second kappa shape index (κ2) is 10.8. The Balaban J connectivity index is 0.00000113. The SMILES string of the molecule is C=CC.CC12CCN(C(=O)c3cccc(C(=O)O)c3)C(C)(C)C1CCC1(C)C2CCC2C3CCCC3(CO)CC[C@]21C. The molecule has 1 heterocycles. The summed E-state index contributed by atoms with van der Waals surface area (Å²) in [5.74, 6) is 1.42. The lowest BCUT2D eigenvalue weighted by Crippen LogP contribution is -2.70. The zero-order valence-corrected chi connectivity index (χ0v) is 27.0. The Morgan fingerprint density at radius 3 is 2.26 bits per heavy atom. The van der Waals surface area contributed by atoms with Gasteiger partial charge in [0.05, 0.1) is 5.56 Å². The molecule has 1 saturated heterocycles. The van der Waals surface area contributed by atoms with Gasteiger partial charge in [-0.05, 0) is 142 Å². The van der Waals surface area contributed by atoms with Gasteiger partial charge in [0.25, 0.3) is 5.91 Å². The number of carboxylic acid groups (broad SMARTS) is 1. The molecule has 6 rings (SSSR count). The van der Waals surface area contributed by atoms with E-state index >= 15 is 0 Å². The highest BCUT2D eigenvalue weighted by atomic mass is 16.4. The van der Waals surface area contributed by atoms with Gasteiger partial charge in [-0.25, -0.2) is 4.79 Å². The number of benzene rings is 1. The fourth-order valence-corrected chi connectivity index (χ4v) is 12.0. The number of carbonyl (C=O) groups is 2. The summed E-state index contributed by atoms with van der Waals surface area (Å²) in [5, 5.41) is 20.0. The molecule has 4 aliphatic carbocycles. The molecule has 1 aliphatic heterocycles. The molecule has 8 atom stereocenters. The van der Waals surface area contributed by atoms with Crippen molar-refractivity contribution < 1.29 is 19.8 Å². The molecule has 0 radical (unpaired) electrons. The summed E-state index contributed by atoms with van der Waals surface area (Å²) in [6, 6.07) is 6.53. The fraction of sp³-hybridized carbons (Fsp3) is 0.730. The first-order chi connectivity index (χ1) is 19.8. The average Bonchev–Trinajstić information content (AvgIpc) is 3.38. The van der Waals surface area contributed by atoms with Crippen molar-refractivity contribution in [2.45, 2.75) is 111 Å². The molecule has 232 valence electrons. The average molecular weight is 578 g/mol. The summed E-state index contributed by atoms with van der Waals surface area (Å²) in [4.78, 5) is 27.4. The Hall–Kier alpha value is -2.14. The van der Waals surface area contributed by atoms with Gasteiger partial charge >= 0.3 is 5.97 Å². The van der Waals surface area contributed by atoms with E-state index in [0.29, 0.717) is 35.3 Å². The molecule has 5 heteroatoms. The van der Waals surface area contributed by atoms with Crippen LogP contribution in [-0.2, 0) is 0 Å². The van der Waals surface area contributed by atoms with E-state index < -0.39 is 5.97 Å². The standard InChI is InChI=1S/C34H49NO4.C3H6/c1-30(2)26-13-15-33(5)27(12-11-24-25-10-7-14-34(25,21-36)17-16-32(24,33)4)31(26,3)18-19-35(30)28(37)22-8-6-9-23(20-22)29(38)39;1-3-2/h6,8-9,20,24-27,36H,7,10-19,21H2,1-5H3,(H,38,39);3H,1H2,2H3/t24?,25?,26?,27?,31?,32-,33?,34?;/m1./s1. The van der Waals surface area contributed by atoms with Crippen molar-refractivity contribution >= 4 is 11.9 Å². The van der Waals surface area contributed by atoms with Crippen LogP contribution in [0.2, 0.25) is 0 Å². The molecular weight excluding hydrogens is 522 g/mol. The van der Waals surface area contributed by atoms with Crippen LogP contribution in [0.1, 0.15) is 126 Å². The third-order valence-corrected chi connectivity index (χ3v) is 14.1. The molecule has 2 N–H and O–H groups in total. The number of likely N-dealkylation sites (tertiary alicyclic amines) is 1. The first-order valence-electron chi connectivity index (χ1n) is 16.6. The minimum Gasteiger partial charge on any atom is -0.478 e. The highest BCUT2D eigenvalue weighted by molar-refractivity contribution is 5.98. The zero-order valence-electron chi connectivity index (χ0n) is 27.0. The van der Waals surface area contributed by atoms with Crippen LogP contribution in [0, 0.1) is 45.3 Å². The van der Waals surface area contributed by atoms with Crippen molar-refractivity contribution in [2.24, 2.45) is 45.3 Å². The Morgan fingerprint density at radius 2 is 1.60 bits per heavy atom. The van der Waals surface area contributed by atoms with Crippen molar-refractivity contribution in [3.8, 4) is 0 Å². The van der Waals surface area contributed by atoms with Gasteiger partial charge in [0, 0.05) is 24.3 Å².